The third-order valence-electron chi connectivity index (χ3n) is 1.39. The molecule has 0 aliphatic carbocycles. The first kappa shape index (κ1) is 12.3. The van der Waals surface area contributed by atoms with E-state index in [9.17, 15) is 4.79 Å². The highest BCUT2D eigenvalue weighted by atomic mass is 32.2. The van der Waals surface area contributed by atoms with Crippen LogP contribution < -0.4 is 5.73 Å². The largest absolute Gasteiger partial charge is 0.481 e. The molecule has 0 rings (SSSR count). The fraction of sp³-hybridized carbons (Fsp3) is 0.750. The van der Waals surface area contributed by atoms with Crippen LogP contribution in [0.25, 0.3) is 0 Å². The monoisotopic (exact) mass is 204 g/mol. The Kier molecular flexibility index (Phi) is 6.40. The third-order valence-corrected chi connectivity index (χ3v) is 2.59. The van der Waals surface area contributed by atoms with Gasteiger partial charge in [0.1, 0.15) is 0 Å². The van der Waals surface area contributed by atoms with Crippen molar-refractivity contribution in [2.45, 2.75) is 13.8 Å². The van der Waals surface area contributed by atoms with Gasteiger partial charge >= 0.3 is 5.97 Å². The molecule has 0 radical (unpaired) electrons. The lowest BCUT2D eigenvalue weighted by atomic mass is 10.2. The van der Waals surface area contributed by atoms with E-state index in [4.69, 9.17) is 10.8 Å². The Morgan fingerprint density at radius 3 is 2.77 bits per heavy atom. The molecule has 0 amide bonds. The maximum Gasteiger partial charge on any atom is 0.307 e. The van der Waals surface area contributed by atoms with Crippen LogP contribution in [0.4, 0.5) is 0 Å². The number of carboxylic acids is 1. The average Bonchev–Trinajstić information content (AvgIpc) is 2.02. The summed E-state index contributed by atoms with van der Waals surface area (Å²) in [7, 11) is 0. The molecule has 0 saturated carbocycles. The summed E-state index contributed by atoms with van der Waals surface area (Å²) in [6.07, 6.45) is 0. The van der Waals surface area contributed by atoms with Gasteiger partial charge in [-0.1, -0.05) is 6.92 Å². The fourth-order valence-corrected chi connectivity index (χ4v) is 1.50. The Morgan fingerprint density at radius 2 is 2.31 bits per heavy atom. The second-order valence-electron chi connectivity index (χ2n) is 2.84. The molecule has 0 aliphatic rings. The molecule has 76 valence electrons. The molecule has 0 aromatic rings. The summed E-state index contributed by atoms with van der Waals surface area (Å²) < 4.78 is 0. The first-order valence-electron chi connectivity index (χ1n) is 4.11. The SMILES string of the molecule is CC(N)=NCCSC[C@@H](C)C(=O)O. The van der Waals surface area contributed by atoms with E-state index in [1.807, 2.05) is 0 Å². The first-order valence-corrected chi connectivity index (χ1v) is 5.26. The second-order valence-corrected chi connectivity index (χ2v) is 3.99. The van der Waals surface area contributed by atoms with E-state index in [0.717, 1.165) is 5.75 Å². The molecular formula is C8H16N2O2S. The van der Waals surface area contributed by atoms with Crippen LogP contribution in [0.3, 0.4) is 0 Å². The Morgan fingerprint density at radius 1 is 1.69 bits per heavy atom. The predicted molar refractivity (Wildman–Crippen MR) is 56.3 cm³/mol. The second kappa shape index (κ2) is 6.77. The van der Waals surface area contributed by atoms with Crippen LogP contribution in [0.2, 0.25) is 0 Å². The number of amidine groups is 1. The van der Waals surface area contributed by atoms with Crippen LogP contribution in [0, 0.1) is 5.92 Å². The van der Waals surface area contributed by atoms with E-state index < -0.39 is 5.97 Å². The summed E-state index contributed by atoms with van der Waals surface area (Å²) >= 11 is 1.59. The molecule has 0 aliphatic heterocycles. The molecule has 0 aromatic carbocycles. The molecule has 0 heterocycles. The average molecular weight is 204 g/mol. The molecule has 0 aromatic heterocycles. The lowest BCUT2D eigenvalue weighted by Crippen LogP contribution is -2.12. The quantitative estimate of drug-likeness (QED) is 0.381. The predicted octanol–water partition coefficient (Wildman–Crippen LogP) is 0.817. The van der Waals surface area contributed by atoms with Gasteiger partial charge in [0, 0.05) is 18.1 Å². The molecule has 0 bridgehead atoms. The van der Waals surface area contributed by atoms with Gasteiger partial charge in [0.25, 0.3) is 0 Å². The fourth-order valence-electron chi connectivity index (χ4n) is 0.618. The summed E-state index contributed by atoms with van der Waals surface area (Å²) in [4.78, 5) is 14.4. The van der Waals surface area contributed by atoms with Gasteiger partial charge in [0.15, 0.2) is 0 Å². The number of nitrogens with zero attached hydrogens (tertiary/aromatic N) is 1. The smallest absolute Gasteiger partial charge is 0.307 e. The van der Waals surface area contributed by atoms with E-state index in [1.165, 1.54) is 0 Å². The highest BCUT2D eigenvalue weighted by Gasteiger charge is 2.09. The summed E-state index contributed by atoms with van der Waals surface area (Å²) in [5.74, 6) is 1.01. The number of nitrogens with two attached hydrogens (primary N) is 1. The number of hydrogen-bond acceptors (Lipinski definition) is 3. The number of carboxylic acid groups (broad SMARTS) is 1. The molecule has 0 fully saturated rings. The molecule has 13 heavy (non-hydrogen) atoms. The minimum Gasteiger partial charge on any atom is -0.481 e. The summed E-state index contributed by atoms with van der Waals surface area (Å²) in [5, 5.41) is 8.57. The number of aliphatic imine (C=N–C) groups is 1. The van der Waals surface area contributed by atoms with Crippen molar-refractivity contribution in [1.82, 2.24) is 0 Å². The van der Waals surface area contributed by atoms with Crippen molar-refractivity contribution in [3.8, 4) is 0 Å². The maximum absolute atomic E-state index is 10.4. The highest BCUT2D eigenvalue weighted by molar-refractivity contribution is 7.99. The van der Waals surface area contributed by atoms with Crippen LogP contribution in [0.5, 0.6) is 0 Å². The topological polar surface area (TPSA) is 75.7 Å². The van der Waals surface area contributed by atoms with E-state index >= 15 is 0 Å². The number of carbonyl (C=O) groups is 1. The maximum atomic E-state index is 10.4. The lowest BCUT2D eigenvalue weighted by molar-refractivity contribution is -0.140. The Hall–Kier alpha value is -0.710. The minimum absolute atomic E-state index is 0.284. The molecule has 0 saturated heterocycles. The third kappa shape index (κ3) is 7.64. The van der Waals surface area contributed by atoms with E-state index in [0.29, 0.717) is 18.1 Å². The number of rotatable bonds is 6. The highest BCUT2D eigenvalue weighted by Crippen LogP contribution is 2.07. The van der Waals surface area contributed by atoms with Gasteiger partial charge < -0.3 is 10.8 Å². The molecule has 3 N–H and O–H groups in total. The van der Waals surface area contributed by atoms with Crippen LogP contribution in [0.15, 0.2) is 4.99 Å². The Labute approximate surface area is 82.6 Å². The zero-order valence-electron chi connectivity index (χ0n) is 7.99. The van der Waals surface area contributed by atoms with Crippen LogP contribution in [-0.2, 0) is 4.79 Å². The zero-order chi connectivity index (χ0) is 10.3. The van der Waals surface area contributed by atoms with Crippen molar-refractivity contribution in [2.75, 3.05) is 18.1 Å². The van der Waals surface area contributed by atoms with Gasteiger partial charge in [-0.05, 0) is 6.92 Å². The Bertz CT molecular complexity index is 191. The van der Waals surface area contributed by atoms with Crippen LogP contribution in [-0.4, -0.2) is 35.0 Å². The summed E-state index contributed by atoms with van der Waals surface area (Å²) in [6, 6.07) is 0. The van der Waals surface area contributed by atoms with Gasteiger partial charge in [-0.2, -0.15) is 11.8 Å². The minimum atomic E-state index is -0.744. The standard InChI is InChI=1S/C8H16N2O2S/c1-6(8(11)12)5-13-4-3-10-7(2)9/h6H,3-5H2,1-2H3,(H2,9,10)(H,11,12)/t6-/m1/s1. The van der Waals surface area contributed by atoms with Crippen molar-refractivity contribution >= 4 is 23.6 Å². The lowest BCUT2D eigenvalue weighted by Gasteiger charge is -2.03. The van der Waals surface area contributed by atoms with Gasteiger partial charge in [-0.3, -0.25) is 9.79 Å². The number of thioether (sulfide) groups is 1. The molecule has 4 nitrogen and oxygen atoms in total. The van der Waals surface area contributed by atoms with Crippen molar-refractivity contribution < 1.29 is 9.90 Å². The van der Waals surface area contributed by atoms with Crippen molar-refractivity contribution in [3.63, 3.8) is 0 Å². The van der Waals surface area contributed by atoms with E-state index in [1.54, 1.807) is 25.6 Å². The van der Waals surface area contributed by atoms with Crippen LogP contribution in [0.1, 0.15) is 13.8 Å². The van der Waals surface area contributed by atoms with E-state index in [2.05, 4.69) is 4.99 Å². The van der Waals surface area contributed by atoms with Crippen LogP contribution >= 0.6 is 11.8 Å². The van der Waals surface area contributed by atoms with Gasteiger partial charge in [0.05, 0.1) is 11.8 Å². The van der Waals surface area contributed by atoms with Gasteiger partial charge in [-0.15, -0.1) is 0 Å². The summed E-state index contributed by atoms with van der Waals surface area (Å²) in [6.45, 7) is 4.11. The van der Waals surface area contributed by atoms with E-state index in [-0.39, 0.29) is 5.92 Å². The normalized spacial score (nSPS) is 14.2. The molecule has 1 atom stereocenters. The molecular weight excluding hydrogens is 188 g/mol. The molecule has 0 spiro atoms. The first-order chi connectivity index (χ1) is 6.04. The number of hydrogen-bond donors (Lipinski definition) is 2. The number of aliphatic carboxylic acids is 1. The van der Waals surface area contributed by atoms with Gasteiger partial charge in [0.2, 0.25) is 0 Å². The Balaban J connectivity index is 3.36. The van der Waals surface area contributed by atoms with Gasteiger partial charge in [-0.25, -0.2) is 0 Å². The van der Waals surface area contributed by atoms with Crippen molar-refractivity contribution in [1.29, 1.82) is 0 Å². The summed E-state index contributed by atoms with van der Waals surface area (Å²) in [5.41, 5.74) is 5.33. The van der Waals surface area contributed by atoms with Crippen molar-refractivity contribution in [3.05, 3.63) is 0 Å². The molecule has 5 heteroatoms. The van der Waals surface area contributed by atoms with Crippen molar-refractivity contribution in [2.24, 2.45) is 16.6 Å². The zero-order valence-corrected chi connectivity index (χ0v) is 8.80. The molecule has 0 unspecified atom stereocenters.